The molecule has 0 bridgehead atoms. The Bertz CT molecular complexity index is 518. The van der Waals surface area contributed by atoms with E-state index in [9.17, 15) is 4.79 Å². The maximum Gasteiger partial charge on any atom is 0.347 e. The van der Waals surface area contributed by atoms with Crippen molar-refractivity contribution in [3.05, 3.63) is 22.1 Å². The van der Waals surface area contributed by atoms with E-state index >= 15 is 0 Å². The molecule has 2 aromatic rings. The second-order valence-corrected chi connectivity index (χ2v) is 5.93. The average Bonchev–Trinajstić information content (AvgIpc) is 2.82. The van der Waals surface area contributed by atoms with Crippen molar-refractivity contribution in [3.63, 3.8) is 0 Å². The summed E-state index contributed by atoms with van der Waals surface area (Å²) in [5, 5.41) is 12.5. The van der Waals surface area contributed by atoms with Crippen molar-refractivity contribution in [1.29, 1.82) is 0 Å². The highest BCUT2D eigenvalue weighted by Crippen LogP contribution is 2.30. The molecule has 4 nitrogen and oxygen atoms in total. The fourth-order valence-electron chi connectivity index (χ4n) is 1.46. The molecule has 17 heavy (non-hydrogen) atoms. The van der Waals surface area contributed by atoms with Crippen molar-refractivity contribution < 1.29 is 9.90 Å². The van der Waals surface area contributed by atoms with Crippen LogP contribution in [-0.2, 0) is 6.42 Å². The molecule has 0 saturated heterocycles. The first-order valence-electron chi connectivity index (χ1n) is 5.20. The fraction of sp³-hybridized carbons (Fsp3) is 0.364. The molecule has 0 unspecified atom stereocenters. The van der Waals surface area contributed by atoms with Gasteiger partial charge in [0.1, 0.15) is 4.88 Å². The van der Waals surface area contributed by atoms with Crippen molar-refractivity contribution in [2.24, 2.45) is 5.92 Å². The number of hydrogen-bond acceptors (Lipinski definition) is 5. The number of nitrogens with zero attached hydrogens (tertiary/aromatic N) is 2. The van der Waals surface area contributed by atoms with Crippen LogP contribution in [0.5, 0.6) is 0 Å². The predicted molar refractivity (Wildman–Crippen MR) is 68.7 cm³/mol. The highest BCUT2D eigenvalue weighted by atomic mass is 32.1. The maximum absolute atomic E-state index is 11.1. The van der Waals surface area contributed by atoms with Crippen LogP contribution in [0.1, 0.15) is 29.2 Å². The first-order valence-corrected chi connectivity index (χ1v) is 6.90. The van der Waals surface area contributed by atoms with Gasteiger partial charge in [0.05, 0.1) is 5.69 Å². The third-order valence-electron chi connectivity index (χ3n) is 2.11. The molecule has 0 aliphatic carbocycles. The Hall–Kier alpha value is -1.27. The minimum Gasteiger partial charge on any atom is -0.477 e. The molecule has 0 aliphatic rings. The summed E-state index contributed by atoms with van der Waals surface area (Å²) in [6, 6.07) is 0. The van der Waals surface area contributed by atoms with E-state index in [1.807, 2.05) is 19.2 Å². The molecule has 0 aromatic carbocycles. The molecule has 0 amide bonds. The first kappa shape index (κ1) is 12.2. The van der Waals surface area contributed by atoms with E-state index in [1.54, 1.807) is 6.20 Å². The summed E-state index contributed by atoms with van der Waals surface area (Å²) in [4.78, 5) is 20.0. The molecular weight excluding hydrogens is 256 g/mol. The van der Waals surface area contributed by atoms with Gasteiger partial charge < -0.3 is 5.11 Å². The summed E-state index contributed by atoms with van der Waals surface area (Å²) in [5.74, 6) is -0.514. The maximum atomic E-state index is 11.1. The highest BCUT2D eigenvalue weighted by molar-refractivity contribution is 7.21. The Morgan fingerprint density at radius 3 is 2.76 bits per heavy atom. The van der Waals surface area contributed by atoms with Crippen LogP contribution in [0.25, 0.3) is 10.0 Å². The quantitative estimate of drug-likeness (QED) is 0.925. The van der Waals surface area contributed by atoms with Gasteiger partial charge in [0.15, 0.2) is 10.0 Å². The Morgan fingerprint density at radius 1 is 1.47 bits per heavy atom. The van der Waals surface area contributed by atoms with Crippen LogP contribution in [0.15, 0.2) is 11.6 Å². The Labute approximate surface area is 107 Å². The molecule has 0 atom stereocenters. The van der Waals surface area contributed by atoms with Gasteiger partial charge in [-0.1, -0.05) is 13.8 Å². The average molecular weight is 268 g/mol. The zero-order valence-corrected chi connectivity index (χ0v) is 11.1. The van der Waals surface area contributed by atoms with E-state index in [0.29, 0.717) is 27.9 Å². The van der Waals surface area contributed by atoms with Gasteiger partial charge >= 0.3 is 5.97 Å². The minimum absolute atomic E-state index is 0.337. The number of rotatable bonds is 4. The summed E-state index contributed by atoms with van der Waals surface area (Å²) in [7, 11) is 0. The molecule has 0 radical (unpaired) electrons. The molecular formula is C11H12N2O2S2. The zero-order chi connectivity index (χ0) is 12.4. The van der Waals surface area contributed by atoms with Crippen LogP contribution in [0.3, 0.4) is 0 Å². The summed E-state index contributed by atoms with van der Waals surface area (Å²) >= 11 is 2.68. The van der Waals surface area contributed by atoms with Crippen LogP contribution in [0, 0.1) is 5.92 Å². The van der Waals surface area contributed by atoms with Gasteiger partial charge in [0.25, 0.3) is 0 Å². The van der Waals surface area contributed by atoms with Gasteiger partial charge in [-0.25, -0.2) is 14.8 Å². The van der Waals surface area contributed by atoms with E-state index < -0.39 is 5.97 Å². The lowest BCUT2D eigenvalue weighted by Gasteiger charge is -2.01. The van der Waals surface area contributed by atoms with Crippen LogP contribution in [0.2, 0.25) is 0 Å². The number of carboxylic acid groups (broad SMARTS) is 1. The molecule has 0 fully saturated rings. The van der Waals surface area contributed by atoms with E-state index in [-0.39, 0.29) is 0 Å². The van der Waals surface area contributed by atoms with Crippen molar-refractivity contribution in [2.45, 2.75) is 20.3 Å². The lowest BCUT2D eigenvalue weighted by atomic mass is 10.1. The van der Waals surface area contributed by atoms with Crippen molar-refractivity contribution >= 4 is 28.6 Å². The molecule has 90 valence electrons. The Kier molecular flexibility index (Phi) is 3.54. The third kappa shape index (κ3) is 2.70. The van der Waals surface area contributed by atoms with E-state index in [1.165, 1.54) is 22.7 Å². The SMILES string of the molecule is CC(C)Cc1nc(-c2nccs2)sc1C(=O)O. The molecule has 0 aliphatic heterocycles. The number of carbonyl (C=O) groups is 1. The van der Waals surface area contributed by atoms with Gasteiger partial charge in [-0.2, -0.15) is 0 Å². The standard InChI is InChI=1S/C11H12N2O2S2/c1-6(2)5-7-8(11(14)15)17-10(13-7)9-12-3-4-16-9/h3-4,6H,5H2,1-2H3,(H,14,15). The number of aromatic nitrogens is 2. The first-order chi connectivity index (χ1) is 8.08. The zero-order valence-electron chi connectivity index (χ0n) is 9.51. The Morgan fingerprint density at radius 2 is 2.24 bits per heavy atom. The molecule has 0 spiro atoms. The van der Waals surface area contributed by atoms with E-state index in [4.69, 9.17) is 5.11 Å². The number of hydrogen-bond donors (Lipinski definition) is 1. The summed E-state index contributed by atoms with van der Waals surface area (Å²) in [5.41, 5.74) is 0.669. The largest absolute Gasteiger partial charge is 0.477 e. The number of thiazole rings is 2. The van der Waals surface area contributed by atoms with Gasteiger partial charge in [-0.05, 0) is 12.3 Å². The Balaban J connectivity index is 2.41. The molecule has 0 saturated carbocycles. The lowest BCUT2D eigenvalue weighted by Crippen LogP contribution is -2.02. The smallest absolute Gasteiger partial charge is 0.347 e. The van der Waals surface area contributed by atoms with E-state index in [0.717, 1.165) is 5.01 Å². The number of aromatic carboxylic acids is 1. The molecule has 6 heteroatoms. The van der Waals surface area contributed by atoms with Gasteiger partial charge in [-0.15, -0.1) is 22.7 Å². The van der Waals surface area contributed by atoms with Crippen LogP contribution >= 0.6 is 22.7 Å². The van der Waals surface area contributed by atoms with Crippen LogP contribution in [-0.4, -0.2) is 21.0 Å². The summed E-state index contributed by atoms with van der Waals surface area (Å²) < 4.78 is 0. The predicted octanol–water partition coefficient (Wildman–Crippen LogP) is 3.16. The highest BCUT2D eigenvalue weighted by Gasteiger charge is 2.19. The third-order valence-corrected chi connectivity index (χ3v) is 4.11. The van der Waals surface area contributed by atoms with Crippen LogP contribution in [0.4, 0.5) is 0 Å². The lowest BCUT2D eigenvalue weighted by molar-refractivity contribution is 0.0700. The van der Waals surface area contributed by atoms with Crippen molar-refractivity contribution in [2.75, 3.05) is 0 Å². The molecule has 1 N–H and O–H groups in total. The van der Waals surface area contributed by atoms with Gasteiger partial charge in [0, 0.05) is 11.6 Å². The minimum atomic E-state index is -0.902. The van der Waals surface area contributed by atoms with Gasteiger partial charge in [0.2, 0.25) is 0 Å². The summed E-state index contributed by atoms with van der Waals surface area (Å²) in [6.45, 7) is 4.10. The van der Waals surface area contributed by atoms with Crippen molar-refractivity contribution in [3.8, 4) is 10.0 Å². The summed E-state index contributed by atoms with van der Waals surface area (Å²) in [6.07, 6.45) is 2.38. The monoisotopic (exact) mass is 268 g/mol. The van der Waals surface area contributed by atoms with Gasteiger partial charge in [-0.3, -0.25) is 0 Å². The second kappa shape index (κ2) is 4.93. The molecule has 2 rings (SSSR count). The molecule has 2 aromatic heterocycles. The topological polar surface area (TPSA) is 63.1 Å². The van der Waals surface area contributed by atoms with Crippen LogP contribution < -0.4 is 0 Å². The second-order valence-electron chi connectivity index (χ2n) is 4.04. The number of carboxylic acids is 1. The normalized spacial score (nSPS) is 11.0. The fourth-order valence-corrected chi connectivity index (χ4v) is 3.08. The molecule has 2 heterocycles. The van der Waals surface area contributed by atoms with E-state index in [2.05, 4.69) is 9.97 Å². The van der Waals surface area contributed by atoms with Crippen molar-refractivity contribution in [1.82, 2.24) is 9.97 Å².